The average Bonchev–Trinajstić information content (AvgIpc) is 2.62. The molecule has 0 unspecified atom stereocenters. The van der Waals surface area contributed by atoms with E-state index in [1.165, 1.54) is 0 Å². The fraction of sp³-hybridized carbons (Fsp3) is 0.579. The zero-order valence-corrected chi connectivity index (χ0v) is 16.2. The first-order chi connectivity index (χ1) is 12.1. The monoisotopic (exact) mass is 381 g/mol. The molecule has 0 bridgehead atoms. The van der Waals surface area contributed by atoms with Crippen molar-refractivity contribution in [1.29, 1.82) is 0 Å². The van der Waals surface area contributed by atoms with Crippen LogP contribution < -0.4 is 20.3 Å². The maximum atomic E-state index is 12.6. The molecular formula is C19H28ClN3O3. The summed E-state index contributed by atoms with van der Waals surface area (Å²) >= 11 is 0. The van der Waals surface area contributed by atoms with Crippen molar-refractivity contribution in [2.24, 2.45) is 5.92 Å². The number of nitrogens with zero attached hydrogens (tertiary/aromatic N) is 1. The number of carbonyl (C=O) groups is 2. The van der Waals surface area contributed by atoms with Crippen LogP contribution in [0.3, 0.4) is 0 Å². The molecule has 2 fully saturated rings. The highest BCUT2D eigenvalue weighted by atomic mass is 35.5. The molecule has 0 radical (unpaired) electrons. The highest BCUT2D eigenvalue weighted by Crippen LogP contribution is 2.34. The number of piperidine rings is 2. The van der Waals surface area contributed by atoms with Crippen LogP contribution >= 0.6 is 12.4 Å². The lowest BCUT2D eigenvalue weighted by Crippen LogP contribution is -2.40. The van der Waals surface area contributed by atoms with Gasteiger partial charge in [0, 0.05) is 30.6 Å². The molecule has 2 saturated heterocycles. The number of nitrogens with one attached hydrogen (secondary N) is 2. The van der Waals surface area contributed by atoms with Crippen molar-refractivity contribution >= 4 is 35.6 Å². The average molecular weight is 382 g/mol. The van der Waals surface area contributed by atoms with Gasteiger partial charge in [-0.3, -0.25) is 9.59 Å². The standard InChI is InChI=1S/C19H27N3O3.ClH/c1-13-11-14(8-9-20-13)19(24)21-15-6-7-17(25-2)16(12-15)22-10-4-3-5-18(22)23;/h6-7,12-14,20H,3-5,8-11H2,1-2H3,(H,21,24);1H/t13-,14-;/m0./s1. The molecule has 0 spiro atoms. The number of carbonyl (C=O) groups excluding carboxylic acids is 2. The molecule has 3 rings (SSSR count). The molecule has 26 heavy (non-hydrogen) atoms. The summed E-state index contributed by atoms with van der Waals surface area (Å²) in [6, 6.07) is 5.86. The molecule has 0 saturated carbocycles. The first-order valence-electron chi connectivity index (χ1n) is 9.11. The van der Waals surface area contributed by atoms with E-state index in [0.717, 1.165) is 37.9 Å². The maximum Gasteiger partial charge on any atom is 0.227 e. The Morgan fingerprint density at radius 1 is 1.35 bits per heavy atom. The van der Waals surface area contributed by atoms with E-state index in [4.69, 9.17) is 4.74 Å². The van der Waals surface area contributed by atoms with E-state index in [1.807, 2.05) is 18.2 Å². The number of halogens is 1. The largest absolute Gasteiger partial charge is 0.495 e. The van der Waals surface area contributed by atoms with Crippen molar-refractivity contribution in [1.82, 2.24) is 5.32 Å². The number of benzene rings is 1. The summed E-state index contributed by atoms with van der Waals surface area (Å²) in [7, 11) is 1.60. The number of anilines is 2. The number of methoxy groups -OCH3 is 1. The van der Waals surface area contributed by atoms with Gasteiger partial charge in [0.05, 0.1) is 12.8 Å². The lowest BCUT2D eigenvalue weighted by atomic mass is 9.92. The molecule has 0 aliphatic carbocycles. The van der Waals surface area contributed by atoms with E-state index in [2.05, 4.69) is 17.6 Å². The van der Waals surface area contributed by atoms with Gasteiger partial charge in [-0.05, 0) is 57.4 Å². The van der Waals surface area contributed by atoms with Gasteiger partial charge in [-0.25, -0.2) is 0 Å². The van der Waals surface area contributed by atoms with E-state index in [9.17, 15) is 9.59 Å². The molecule has 2 aliphatic heterocycles. The van der Waals surface area contributed by atoms with Crippen LogP contribution in [0.15, 0.2) is 18.2 Å². The van der Waals surface area contributed by atoms with E-state index >= 15 is 0 Å². The first kappa shape index (κ1) is 20.5. The van der Waals surface area contributed by atoms with Crippen LogP contribution in [-0.2, 0) is 9.59 Å². The Bertz CT molecular complexity index is 653. The van der Waals surface area contributed by atoms with Crippen LogP contribution in [0, 0.1) is 5.92 Å². The lowest BCUT2D eigenvalue weighted by Gasteiger charge is -2.29. The van der Waals surface area contributed by atoms with E-state index in [-0.39, 0.29) is 30.1 Å². The van der Waals surface area contributed by atoms with Crippen molar-refractivity contribution < 1.29 is 14.3 Å². The number of hydrogen-bond acceptors (Lipinski definition) is 4. The second-order valence-corrected chi connectivity index (χ2v) is 6.95. The van der Waals surface area contributed by atoms with Crippen LogP contribution in [0.5, 0.6) is 5.75 Å². The van der Waals surface area contributed by atoms with E-state index < -0.39 is 0 Å². The predicted octanol–water partition coefficient (Wildman–Crippen LogP) is 2.96. The minimum absolute atomic E-state index is 0. The van der Waals surface area contributed by atoms with Crippen LogP contribution in [0.4, 0.5) is 11.4 Å². The predicted molar refractivity (Wildman–Crippen MR) is 105 cm³/mol. The lowest BCUT2D eigenvalue weighted by molar-refractivity contribution is -0.121. The minimum atomic E-state index is 0. The van der Waals surface area contributed by atoms with Gasteiger partial charge in [0.15, 0.2) is 0 Å². The fourth-order valence-electron chi connectivity index (χ4n) is 3.65. The number of amides is 2. The third-order valence-corrected chi connectivity index (χ3v) is 5.06. The van der Waals surface area contributed by atoms with E-state index in [0.29, 0.717) is 30.4 Å². The van der Waals surface area contributed by atoms with Crippen molar-refractivity contribution in [3.05, 3.63) is 18.2 Å². The molecule has 2 amide bonds. The number of hydrogen-bond donors (Lipinski definition) is 2. The molecule has 2 N–H and O–H groups in total. The zero-order valence-electron chi connectivity index (χ0n) is 15.4. The fourth-order valence-corrected chi connectivity index (χ4v) is 3.65. The molecule has 1 aromatic carbocycles. The molecule has 2 heterocycles. The summed E-state index contributed by atoms with van der Waals surface area (Å²) in [6.45, 7) is 3.67. The molecule has 0 aromatic heterocycles. The third kappa shape index (κ3) is 4.68. The van der Waals surface area contributed by atoms with Crippen molar-refractivity contribution in [3.63, 3.8) is 0 Å². The van der Waals surface area contributed by atoms with Gasteiger partial charge in [-0.1, -0.05) is 0 Å². The zero-order chi connectivity index (χ0) is 17.8. The number of ether oxygens (including phenoxy) is 1. The Balaban J connectivity index is 0.00000243. The molecule has 2 aliphatic rings. The topological polar surface area (TPSA) is 70.7 Å². The summed E-state index contributed by atoms with van der Waals surface area (Å²) in [5.74, 6) is 0.844. The van der Waals surface area contributed by atoms with Crippen LogP contribution in [-0.4, -0.2) is 38.1 Å². The Labute approximate surface area is 161 Å². The Morgan fingerprint density at radius 2 is 2.15 bits per heavy atom. The van der Waals surface area contributed by atoms with Gasteiger partial charge in [-0.15, -0.1) is 12.4 Å². The summed E-state index contributed by atoms with van der Waals surface area (Å²) in [4.78, 5) is 26.6. The molecule has 7 heteroatoms. The summed E-state index contributed by atoms with van der Waals surface area (Å²) in [6.07, 6.45) is 4.18. The molecule has 6 nitrogen and oxygen atoms in total. The third-order valence-electron chi connectivity index (χ3n) is 5.06. The van der Waals surface area contributed by atoms with Crippen molar-refractivity contribution in [2.45, 2.75) is 45.1 Å². The van der Waals surface area contributed by atoms with Crippen molar-refractivity contribution in [3.8, 4) is 5.75 Å². The highest BCUT2D eigenvalue weighted by molar-refractivity contribution is 5.98. The van der Waals surface area contributed by atoms with Crippen LogP contribution in [0.2, 0.25) is 0 Å². The normalized spacial score (nSPS) is 23.2. The van der Waals surface area contributed by atoms with Gasteiger partial charge in [0.2, 0.25) is 11.8 Å². The van der Waals surface area contributed by atoms with Crippen molar-refractivity contribution in [2.75, 3.05) is 30.4 Å². The SMILES string of the molecule is COc1ccc(NC(=O)[C@H]2CCN[C@@H](C)C2)cc1N1CCCCC1=O.Cl. The minimum Gasteiger partial charge on any atom is -0.495 e. The smallest absolute Gasteiger partial charge is 0.227 e. The van der Waals surface area contributed by atoms with Gasteiger partial charge in [-0.2, -0.15) is 0 Å². The van der Waals surface area contributed by atoms with Gasteiger partial charge < -0.3 is 20.3 Å². The number of rotatable bonds is 4. The van der Waals surface area contributed by atoms with Gasteiger partial charge in [0.1, 0.15) is 5.75 Å². The van der Waals surface area contributed by atoms with Crippen LogP contribution in [0.1, 0.15) is 39.0 Å². The molecular weight excluding hydrogens is 354 g/mol. The van der Waals surface area contributed by atoms with Gasteiger partial charge in [0.25, 0.3) is 0 Å². The quantitative estimate of drug-likeness (QED) is 0.841. The molecule has 144 valence electrons. The Hall–Kier alpha value is -1.79. The highest BCUT2D eigenvalue weighted by Gasteiger charge is 2.26. The molecule has 1 aromatic rings. The van der Waals surface area contributed by atoms with Gasteiger partial charge >= 0.3 is 0 Å². The second-order valence-electron chi connectivity index (χ2n) is 6.95. The van der Waals surface area contributed by atoms with Crippen LogP contribution in [0.25, 0.3) is 0 Å². The Morgan fingerprint density at radius 3 is 2.85 bits per heavy atom. The molecule has 2 atom stereocenters. The maximum absolute atomic E-state index is 12.6. The summed E-state index contributed by atoms with van der Waals surface area (Å²) in [5.41, 5.74) is 1.45. The summed E-state index contributed by atoms with van der Waals surface area (Å²) in [5, 5.41) is 6.38. The first-order valence-corrected chi connectivity index (χ1v) is 9.11. The Kier molecular flexibility index (Phi) is 7.29. The summed E-state index contributed by atoms with van der Waals surface area (Å²) < 4.78 is 5.42. The second kappa shape index (κ2) is 9.24. The van der Waals surface area contributed by atoms with E-state index in [1.54, 1.807) is 12.0 Å².